The molecule has 0 aliphatic heterocycles. The third-order valence-corrected chi connectivity index (χ3v) is 7.56. The summed E-state index contributed by atoms with van der Waals surface area (Å²) in [6, 6.07) is 11.0. The maximum absolute atomic E-state index is 12.3. The molecule has 1 N–H and O–H groups in total. The van der Waals surface area contributed by atoms with Crippen molar-refractivity contribution in [1.29, 1.82) is 0 Å². The number of phenols is 1. The van der Waals surface area contributed by atoms with Crippen molar-refractivity contribution >= 4 is 29.3 Å². The molecule has 0 heterocycles. The first-order valence-corrected chi connectivity index (χ1v) is 13.1. The van der Waals surface area contributed by atoms with Crippen LogP contribution in [-0.4, -0.2) is 41.1 Å². The highest BCUT2D eigenvalue weighted by atomic mass is 32.2. The molecular formula is C28H34O6S. The van der Waals surface area contributed by atoms with E-state index in [0.717, 1.165) is 37.0 Å². The lowest BCUT2D eigenvalue weighted by Crippen LogP contribution is -2.27. The molecule has 7 heteroatoms. The van der Waals surface area contributed by atoms with Crippen LogP contribution in [0, 0.1) is 0 Å². The Labute approximate surface area is 211 Å². The van der Waals surface area contributed by atoms with Crippen LogP contribution in [-0.2, 0) is 16.0 Å². The predicted molar refractivity (Wildman–Crippen MR) is 137 cm³/mol. The molecule has 0 aromatic heterocycles. The summed E-state index contributed by atoms with van der Waals surface area (Å²) < 4.78 is 11.0. The Morgan fingerprint density at radius 2 is 1.80 bits per heavy atom. The summed E-state index contributed by atoms with van der Waals surface area (Å²) >= 11 is 1.79. The fourth-order valence-electron chi connectivity index (χ4n) is 4.37. The lowest BCUT2D eigenvalue weighted by atomic mass is 9.96. The number of ether oxygens (including phenoxy) is 2. The van der Waals surface area contributed by atoms with Crippen LogP contribution in [0.25, 0.3) is 0 Å². The summed E-state index contributed by atoms with van der Waals surface area (Å²) in [7, 11) is 1.32. The monoisotopic (exact) mass is 498 g/mol. The van der Waals surface area contributed by atoms with E-state index in [2.05, 4.69) is 4.74 Å². The van der Waals surface area contributed by atoms with Crippen LogP contribution >= 0.6 is 11.8 Å². The second-order valence-electron chi connectivity index (χ2n) is 8.91. The van der Waals surface area contributed by atoms with Crippen LogP contribution in [0.1, 0.15) is 85.1 Å². The molecule has 2 aromatic carbocycles. The van der Waals surface area contributed by atoms with E-state index in [1.807, 2.05) is 37.3 Å². The van der Waals surface area contributed by atoms with Crippen LogP contribution < -0.4 is 4.74 Å². The van der Waals surface area contributed by atoms with Crippen molar-refractivity contribution in [3.63, 3.8) is 0 Å². The third kappa shape index (κ3) is 7.34. The Hall–Kier alpha value is -2.80. The average Bonchev–Trinajstić information content (AvgIpc) is 2.85. The second-order valence-corrected chi connectivity index (χ2v) is 10.3. The maximum atomic E-state index is 12.3. The Kier molecular flexibility index (Phi) is 9.78. The first-order valence-electron chi connectivity index (χ1n) is 12.2. The van der Waals surface area contributed by atoms with Gasteiger partial charge in [-0.2, -0.15) is 0 Å². The SMILES string of the molecule is CCCc1c(O[C@@H]2CCC[C@H](Sc3ccc(C(=O)CCC(=O)OC)cc3)C2)ccc(C(C)=O)c1O. The number of methoxy groups -OCH3 is 1. The standard InChI is InChI=1S/C28H34O6S/c1-4-6-24-26(15-13-23(18(2)29)28(24)32)34-20-7-5-8-22(17-20)35-21-11-9-19(10-12-21)25(30)14-16-27(31)33-3/h9-13,15,20,22,32H,4-8,14,16-17H2,1-3H3/t20-,22+/m1/s1. The molecule has 35 heavy (non-hydrogen) atoms. The van der Waals surface area contributed by atoms with Crippen LogP contribution in [0.2, 0.25) is 0 Å². The van der Waals surface area contributed by atoms with Gasteiger partial charge in [0.1, 0.15) is 11.5 Å². The predicted octanol–water partition coefficient (Wildman–Crippen LogP) is 6.17. The van der Waals surface area contributed by atoms with Gasteiger partial charge in [0, 0.05) is 27.7 Å². The molecule has 188 valence electrons. The van der Waals surface area contributed by atoms with Gasteiger partial charge >= 0.3 is 5.97 Å². The van der Waals surface area contributed by atoms with Gasteiger partial charge in [0.25, 0.3) is 0 Å². The Balaban J connectivity index is 1.61. The lowest BCUT2D eigenvalue weighted by molar-refractivity contribution is -0.140. The first kappa shape index (κ1) is 26.8. The number of hydrogen-bond acceptors (Lipinski definition) is 7. The molecule has 6 nitrogen and oxygen atoms in total. The van der Waals surface area contributed by atoms with Crippen molar-refractivity contribution in [2.45, 2.75) is 81.5 Å². The zero-order chi connectivity index (χ0) is 25.4. The first-order chi connectivity index (χ1) is 16.8. The highest BCUT2D eigenvalue weighted by molar-refractivity contribution is 8.00. The van der Waals surface area contributed by atoms with Gasteiger partial charge in [-0.05, 0) is 63.3 Å². The third-order valence-electron chi connectivity index (χ3n) is 6.25. The fraction of sp³-hybridized carbons (Fsp3) is 0.464. The molecule has 1 saturated carbocycles. The summed E-state index contributed by atoms with van der Waals surface area (Å²) in [5.74, 6) is 0.0998. The molecule has 0 amide bonds. The number of hydrogen-bond donors (Lipinski definition) is 1. The zero-order valence-electron chi connectivity index (χ0n) is 20.7. The number of carbonyl (C=O) groups excluding carboxylic acids is 3. The van der Waals surface area contributed by atoms with Gasteiger partial charge in [0.05, 0.1) is 25.2 Å². The Morgan fingerprint density at radius 3 is 2.46 bits per heavy atom. The molecule has 0 saturated heterocycles. The minimum Gasteiger partial charge on any atom is -0.507 e. The van der Waals surface area contributed by atoms with Gasteiger partial charge in [-0.25, -0.2) is 0 Å². The summed E-state index contributed by atoms with van der Waals surface area (Å²) in [6.45, 7) is 3.49. The molecule has 1 aliphatic carbocycles. The minimum absolute atomic E-state index is 0.0404. The Bertz CT molecular complexity index is 1050. The van der Waals surface area contributed by atoms with E-state index in [-0.39, 0.29) is 42.2 Å². The van der Waals surface area contributed by atoms with E-state index >= 15 is 0 Å². The number of carbonyl (C=O) groups is 3. The minimum atomic E-state index is -0.383. The summed E-state index contributed by atoms with van der Waals surface area (Å²) in [5, 5.41) is 11.0. The second kappa shape index (κ2) is 12.8. The van der Waals surface area contributed by atoms with E-state index in [9.17, 15) is 19.5 Å². The number of ketones is 2. The topological polar surface area (TPSA) is 89.9 Å². The van der Waals surface area contributed by atoms with Crippen LogP contribution in [0.3, 0.4) is 0 Å². The highest BCUT2D eigenvalue weighted by Crippen LogP contribution is 2.38. The number of aromatic hydroxyl groups is 1. The van der Waals surface area contributed by atoms with E-state index < -0.39 is 0 Å². The Morgan fingerprint density at radius 1 is 1.06 bits per heavy atom. The molecule has 2 atom stereocenters. The summed E-state index contributed by atoms with van der Waals surface area (Å²) in [4.78, 5) is 36.5. The number of thioether (sulfide) groups is 1. The van der Waals surface area contributed by atoms with Gasteiger partial charge < -0.3 is 14.6 Å². The molecule has 3 rings (SSSR count). The molecule has 0 bridgehead atoms. The summed E-state index contributed by atoms with van der Waals surface area (Å²) in [6.07, 6.45) is 5.73. The summed E-state index contributed by atoms with van der Waals surface area (Å²) in [5.41, 5.74) is 1.65. The number of esters is 1. The molecule has 2 aromatic rings. The lowest BCUT2D eigenvalue weighted by Gasteiger charge is -2.30. The highest BCUT2D eigenvalue weighted by Gasteiger charge is 2.26. The van der Waals surface area contributed by atoms with Gasteiger partial charge in [-0.1, -0.05) is 25.5 Å². The van der Waals surface area contributed by atoms with Crippen LogP contribution in [0.15, 0.2) is 41.3 Å². The van der Waals surface area contributed by atoms with Crippen molar-refractivity contribution in [2.24, 2.45) is 0 Å². The molecule has 1 fully saturated rings. The van der Waals surface area contributed by atoms with Crippen molar-refractivity contribution in [2.75, 3.05) is 7.11 Å². The molecule has 1 aliphatic rings. The van der Waals surface area contributed by atoms with Gasteiger partial charge in [-0.3, -0.25) is 14.4 Å². The maximum Gasteiger partial charge on any atom is 0.305 e. The van der Waals surface area contributed by atoms with Crippen LogP contribution in [0.4, 0.5) is 0 Å². The normalized spacial score (nSPS) is 17.6. The van der Waals surface area contributed by atoms with Gasteiger partial charge in [0.15, 0.2) is 11.6 Å². The number of benzene rings is 2. The van der Waals surface area contributed by atoms with Crippen molar-refractivity contribution in [1.82, 2.24) is 0 Å². The van der Waals surface area contributed by atoms with Crippen molar-refractivity contribution in [3.05, 3.63) is 53.1 Å². The smallest absolute Gasteiger partial charge is 0.305 e. The fourth-order valence-corrected chi connectivity index (χ4v) is 5.65. The van der Waals surface area contributed by atoms with Crippen molar-refractivity contribution in [3.8, 4) is 11.5 Å². The van der Waals surface area contributed by atoms with Crippen LogP contribution in [0.5, 0.6) is 11.5 Å². The van der Waals surface area contributed by atoms with Crippen molar-refractivity contribution < 1.29 is 29.0 Å². The number of phenolic OH excluding ortho intramolecular Hbond substituents is 1. The number of Topliss-reactive ketones (excluding diaryl/α,β-unsaturated/α-hetero) is 2. The quantitative estimate of drug-likeness (QED) is 0.293. The number of rotatable bonds is 11. The molecule has 0 spiro atoms. The van der Waals surface area contributed by atoms with E-state index in [0.29, 0.717) is 34.1 Å². The molecular weight excluding hydrogens is 464 g/mol. The van der Waals surface area contributed by atoms with E-state index in [4.69, 9.17) is 4.74 Å². The molecule has 0 radical (unpaired) electrons. The largest absolute Gasteiger partial charge is 0.507 e. The van der Waals surface area contributed by atoms with Gasteiger partial charge in [0.2, 0.25) is 0 Å². The zero-order valence-corrected chi connectivity index (χ0v) is 21.5. The van der Waals surface area contributed by atoms with E-state index in [1.54, 1.807) is 17.8 Å². The molecule has 0 unspecified atom stereocenters. The average molecular weight is 499 g/mol. The van der Waals surface area contributed by atoms with E-state index in [1.165, 1.54) is 14.0 Å². The van der Waals surface area contributed by atoms with Gasteiger partial charge in [-0.15, -0.1) is 11.8 Å².